The van der Waals surface area contributed by atoms with Crippen molar-refractivity contribution < 1.29 is 9.53 Å². The third kappa shape index (κ3) is 2.09. The third-order valence-electron chi connectivity index (χ3n) is 3.13. The highest BCUT2D eigenvalue weighted by Crippen LogP contribution is 2.43. The lowest BCUT2D eigenvalue weighted by atomic mass is 10.1. The van der Waals surface area contributed by atoms with Crippen LogP contribution in [-0.2, 0) is 4.74 Å². The molecule has 1 aliphatic carbocycles. The molecular formula is C16H9NO2S. The molecule has 0 aromatic heterocycles. The molecule has 1 aliphatic rings. The highest BCUT2D eigenvalue weighted by atomic mass is 32.2. The van der Waals surface area contributed by atoms with Gasteiger partial charge >= 0.3 is 5.30 Å². The molecule has 96 valence electrons. The van der Waals surface area contributed by atoms with Crippen LogP contribution >= 0.6 is 11.8 Å². The number of carbonyl (C=O) groups excluding carboxylic acids is 1. The number of thioether (sulfide) groups is 1. The Balaban J connectivity index is 2.05. The van der Waals surface area contributed by atoms with Crippen LogP contribution in [0.15, 0.2) is 54.8 Å². The molecule has 0 amide bonds. The van der Waals surface area contributed by atoms with Gasteiger partial charge in [-0.3, -0.25) is 0 Å². The summed E-state index contributed by atoms with van der Waals surface area (Å²) in [5.74, 6) is 0. The molecule has 0 radical (unpaired) electrons. The Morgan fingerprint density at radius 2 is 1.50 bits per heavy atom. The van der Waals surface area contributed by atoms with Gasteiger partial charge < -0.3 is 4.74 Å². The van der Waals surface area contributed by atoms with Crippen LogP contribution in [0.3, 0.4) is 0 Å². The zero-order valence-electron chi connectivity index (χ0n) is 10.4. The van der Waals surface area contributed by atoms with Gasteiger partial charge in [-0.1, -0.05) is 48.5 Å². The Morgan fingerprint density at radius 1 is 1.00 bits per heavy atom. The summed E-state index contributed by atoms with van der Waals surface area (Å²) in [7, 11) is 0. The van der Waals surface area contributed by atoms with Crippen molar-refractivity contribution in [2.24, 2.45) is 0 Å². The average molecular weight is 279 g/mol. The highest BCUT2D eigenvalue weighted by molar-refractivity contribution is 8.17. The van der Waals surface area contributed by atoms with E-state index < -0.39 is 5.30 Å². The number of hydrogen-bond acceptors (Lipinski definition) is 4. The lowest BCUT2D eigenvalue weighted by molar-refractivity contribution is 0.214. The molecule has 20 heavy (non-hydrogen) atoms. The molecule has 0 atom stereocenters. The molecule has 2 aromatic carbocycles. The normalized spacial score (nSPS) is 11.2. The zero-order valence-corrected chi connectivity index (χ0v) is 11.2. The minimum atomic E-state index is -0.623. The average Bonchev–Trinajstić information content (AvgIpc) is 2.80. The van der Waals surface area contributed by atoms with E-state index in [1.807, 2.05) is 48.5 Å². The molecule has 4 heteroatoms. The van der Waals surface area contributed by atoms with E-state index in [0.29, 0.717) is 11.8 Å². The smallest absolute Gasteiger partial charge is 0.386 e. The number of carbonyl (C=O) groups is 1. The van der Waals surface area contributed by atoms with E-state index in [2.05, 4.69) is 0 Å². The maximum Gasteiger partial charge on any atom is 0.386 e. The quantitative estimate of drug-likeness (QED) is 0.376. The van der Waals surface area contributed by atoms with Crippen LogP contribution in [0, 0.1) is 10.7 Å². The van der Waals surface area contributed by atoms with E-state index in [-0.39, 0.29) is 0 Å². The molecule has 0 fully saturated rings. The van der Waals surface area contributed by atoms with Crippen molar-refractivity contribution in [3.8, 4) is 16.5 Å². The van der Waals surface area contributed by atoms with Crippen molar-refractivity contribution >= 4 is 22.6 Å². The summed E-state index contributed by atoms with van der Waals surface area (Å²) in [6, 6.07) is 15.9. The molecule has 3 rings (SSSR count). The fourth-order valence-corrected chi connectivity index (χ4v) is 2.52. The summed E-state index contributed by atoms with van der Waals surface area (Å²) >= 11 is 0.477. The minimum Gasteiger partial charge on any atom is -0.425 e. The number of nitrogens with zero attached hydrogens (tertiary/aromatic N) is 1. The van der Waals surface area contributed by atoms with Crippen LogP contribution in [0.4, 0.5) is 4.79 Å². The summed E-state index contributed by atoms with van der Waals surface area (Å²) in [6.07, 6.45) is 1.43. The van der Waals surface area contributed by atoms with Crippen LogP contribution in [0.5, 0.6) is 0 Å². The van der Waals surface area contributed by atoms with Crippen LogP contribution in [0.1, 0.15) is 11.1 Å². The van der Waals surface area contributed by atoms with Gasteiger partial charge in [0, 0.05) is 5.57 Å². The molecule has 3 nitrogen and oxygen atoms in total. The Labute approximate surface area is 120 Å². The second kappa shape index (κ2) is 5.24. The second-order valence-electron chi connectivity index (χ2n) is 4.18. The topological polar surface area (TPSA) is 50.1 Å². The molecule has 0 heterocycles. The Morgan fingerprint density at radius 3 is 2.00 bits per heavy atom. The summed E-state index contributed by atoms with van der Waals surface area (Å²) in [5.41, 5.74) is 5.17. The van der Waals surface area contributed by atoms with Crippen LogP contribution in [0.2, 0.25) is 0 Å². The molecule has 0 unspecified atom stereocenters. The first-order valence-electron chi connectivity index (χ1n) is 5.97. The molecular weight excluding hydrogens is 270 g/mol. The molecule has 0 aliphatic heterocycles. The molecule has 0 bridgehead atoms. The van der Waals surface area contributed by atoms with Crippen molar-refractivity contribution in [3.05, 3.63) is 65.9 Å². The van der Waals surface area contributed by atoms with Gasteiger partial charge in [-0.2, -0.15) is 5.26 Å². The first kappa shape index (κ1) is 12.5. The maximum absolute atomic E-state index is 11.3. The molecule has 2 aromatic rings. The predicted octanol–water partition coefficient (Wildman–Crippen LogP) is 4.41. The van der Waals surface area contributed by atoms with Crippen LogP contribution in [-0.4, -0.2) is 5.30 Å². The van der Waals surface area contributed by atoms with Crippen LogP contribution < -0.4 is 0 Å². The van der Waals surface area contributed by atoms with Crippen LogP contribution in [0.25, 0.3) is 16.7 Å². The van der Waals surface area contributed by atoms with Gasteiger partial charge in [-0.25, -0.2) is 4.79 Å². The number of fused-ring (bicyclic) bond motifs is 3. The van der Waals surface area contributed by atoms with E-state index in [9.17, 15) is 4.79 Å². The Bertz CT molecular complexity index is 712. The van der Waals surface area contributed by atoms with Gasteiger partial charge in [0.25, 0.3) is 0 Å². The van der Waals surface area contributed by atoms with Crippen molar-refractivity contribution in [3.63, 3.8) is 0 Å². The predicted molar refractivity (Wildman–Crippen MR) is 78.6 cm³/mol. The lowest BCUT2D eigenvalue weighted by Gasteiger charge is -2.02. The summed E-state index contributed by atoms with van der Waals surface area (Å²) in [4.78, 5) is 11.3. The molecule has 0 saturated heterocycles. The number of benzene rings is 2. The summed E-state index contributed by atoms with van der Waals surface area (Å²) in [6.45, 7) is 0. The first-order valence-corrected chi connectivity index (χ1v) is 6.79. The maximum atomic E-state index is 11.3. The van der Waals surface area contributed by atoms with Gasteiger partial charge in [-0.15, -0.1) is 0 Å². The SMILES string of the molecule is N#CSC(=O)OC=C1c2ccccc2-c2ccccc21. The van der Waals surface area contributed by atoms with Gasteiger partial charge in [0.1, 0.15) is 11.7 Å². The third-order valence-corrected chi connectivity index (χ3v) is 3.48. The number of ether oxygens (including phenoxy) is 1. The van der Waals surface area contributed by atoms with Crippen molar-refractivity contribution in [2.75, 3.05) is 0 Å². The van der Waals surface area contributed by atoms with E-state index in [4.69, 9.17) is 10.00 Å². The molecule has 0 N–H and O–H groups in total. The van der Waals surface area contributed by atoms with E-state index in [0.717, 1.165) is 27.8 Å². The second-order valence-corrected chi connectivity index (χ2v) is 4.90. The van der Waals surface area contributed by atoms with Crippen molar-refractivity contribution in [1.82, 2.24) is 0 Å². The van der Waals surface area contributed by atoms with E-state index in [1.165, 1.54) is 6.26 Å². The van der Waals surface area contributed by atoms with E-state index >= 15 is 0 Å². The van der Waals surface area contributed by atoms with E-state index in [1.54, 1.807) is 5.40 Å². The lowest BCUT2D eigenvalue weighted by Crippen LogP contribution is -1.90. The fraction of sp³-hybridized carbons (Fsp3) is 0. The van der Waals surface area contributed by atoms with Gasteiger partial charge in [0.15, 0.2) is 0 Å². The zero-order chi connectivity index (χ0) is 13.9. The number of nitriles is 1. The molecule has 0 saturated carbocycles. The first-order chi connectivity index (χ1) is 9.81. The number of thiocyanates is 1. The summed E-state index contributed by atoms with van der Waals surface area (Å²) < 4.78 is 5.02. The van der Waals surface area contributed by atoms with Gasteiger partial charge in [0.2, 0.25) is 0 Å². The summed E-state index contributed by atoms with van der Waals surface area (Å²) in [5, 5.41) is 9.51. The van der Waals surface area contributed by atoms with Crippen molar-refractivity contribution in [1.29, 1.82) is 5.26 Å². The molecule has 0 spiro atoms. The van der Waals surface area contributed by atoms with Gasteiger partial charge in [0.05, 0.1) is 11.8 Å². The minimum absolute atomic E-state index is 0.477. The monoisotopic (exact) mass is 279 g/mol. The Hall–Kier alpha value is -2.51. The Kier molecular flexibility index (Phi) is 3.28. The number of rotatable bonds is 1. The largest absolute Gasteiger partial charge is 0.425 e. The fourth-order valence-electron chi connectivity index (χ4n) is 2.35. The van der Waals surface area contributed by atoms with Crippen molar-refractivity contribution in [2.45, 2.75) is 0 Å². The number of hydrogen-bond donors (Lipinski definition) is 0. The van der Waals surface area contributed by atoms with Gasteiger partial charge in [-0.05, 0) is 22.3 Å². The highest BCUT2D eigenvalue weighted by Gasteiger charge is 2.23. The standard InChI is InChI=1S/C16H9NO2S/c17-10-20-16(18)19-9-15-13-7-3-1-5-11(13)12-6-2-4-8-14(12)15/h1-9H.